The Bertz CT molecular complexity index is 207. The van der Waals surface area contributed by atoms with Gasteiger partial charge < -0.3 is 16.2 Å². The summed E-state index contributed by atoms with van der Waals surface area (Å²) in [4.78, 5) is 21.4. The van der Waals surface area contributed by atoms with Gasteiger partial charge in [-0.15, -0.1) is 0 Å². The topological polar surface area (TPSA) is 92.4 Å². The van der Waals surface area contributed by atoms with Crippen molar-refractivity contribution in [2.75, 3.05) is 13.1 Å². The van der Waals surface area contributed by atoms with Gasteiger partial charge >= 0.3 is 5.97 Å². The SMILES string of the molecule is CC(CCC(=O)O)CNC(=O)CCCN. The number of carboxylic acid groups (broad SMARTS) is 1. The number of amides is 1. The highest BCUT2D eigenvalue weighted by molar-refractivity contribution is 5.75. The minimum Gasteiger partial charge on any atom is -0.481 e. The van der Waals surface area contributed by atoms with Crippen molar-refractivity contribution in [2.45, 2.75) is 32.6 Å². The first kappa shape index (κ1) is 13.9. The first-order chi connectivity index (χ1) is 7.06. The van der Waals surface area contributed by atoms with Gasteiger partial charge in [-0.2, -0.15) is 0 Å². The molecule has 0 saturated carbocycles. The number of carbonyl (C=O) groups excluding carboxylic acids is 1. The van der Waals surface area contributed by atoms with Crippen LogP contribution in [0.3, 0.4) is 0 Å². The Balaban J connectivity index is 3.48. The summed E-state index contributed by atoms with van der Waals surface area (Å²) in [5.74, 6) is -0.609. The van der Waals surface area contributed by atoms with Crippen molar-refractivity contribution in [2.24, 2.45) is 11.7 Å². The molecule has 0 radical (unpaired) electrons. The first-order valence-electron chi connectivity index (χ1n) is 5.24. The van der Waals surface area contributed by atoms with Crippen molar-refractivity contribution < 1.29 is 14.7 Å². The van der Waals surface area contributed by atoms with Gasteiger partial charge in [0.2, 0.25) is 5.91 Å². The van der Waals surface area contributed by atoms with Crippen LogP contribution in [-0.2, 0) is 9.59 Å². The van der Waals surface area contributed by atoms with E-state index in [1.807, 2.05) is 6.92 Å². The number of nitrogens with one attached hydrogen (secondary N) is 1. The third-order valence-electron chi connectivity index (χ3n) is 2.11. The molecule has 0 fully saturated rings. The molecule has 0 aliphatic heterocycles. The third-order valence-corrected chi connectivity index (χ3v) is 2.11. The van der Waals surface area contributed by atoms with Crippen LogP contribution in [0.2, 0.25) is 0 Å². The van der Waals surface area contributed by atoms with E-state index in [2.05, 4.69) is 5.32 Å². The summed E-state index contributed by atoms with van der Waals surface area (Å²) in [6.07, 6.45) is 1.88. The van der Waals surface area contributed by atoms with Crippen molar-refractivity contribution in [3.05, 3.63) is 0 Å². The lowest BCUT2D eigenvalue weighted by molar-refractivity contribution is -0.137. The average Bonchev–Trinajstić information content (AvgIpc) is 2.20. The molecule has 88 valence electrons. The Morgan fingerprint density at radius 1 is 1.40 bits per heavy atom. The molecule has 1 unspecified atom stereocenters. The van der Waals surface area contributed by atoms with Crippen molar-refractivity contribution in [3.63, 3.8) is 0 Å². The van der Waals surface area contributed by atoms with Crippen molar-refractivity contribution in [1.29, 1.82) is 0 Å². The standard InChI is InChI=1S/C10H20N2O3/c1-8(4-5-10(14)15)7-12-9(13)3-2-6-11/h8H,2-7,11H2,1H3,(H,12,13)(H,14,15). The zero-order valence-corrected chi connectivity index (χ0v) is 9.16. The van der Waals surface area contributed by atoms with Crippen LogP contribution in [0.5, 0.6) is 0 Å². The van der Waals surface area contributed by atoms with E-state index in [0.29, 0.717) is 32.4 Å². The van der Waals surface area contributed by atoms with Gasteiger partial charge in [0.05, 0.1) is 0 Å². The Hall–Kier alpha value is -1.10. The Labute approximate surface area is 90.0 Å². The summed E-state index contributed by atoms with van der Waals surface area (Å²) in [5.41, 5.74) is 5.27. The number of rotatable bonds is 8. The van der Waals surface area contributed by atoms with Crippen LogP contribution in [0.4, 0.5) is 0 Å². The van der Waals surface area contributed by atoms with Crippen molar-refractivity contribution in [3.8, 4) is 0 Å². The molecule has 0 spiro atoms. The Morgan fingerprint density at radius 2 is 2.07 bits per heavy atom. The highest BCUT2D eigenvalue weighted by Crippen LogP contribution is 2.03. The number of hydrogen-bond donors (Lipinski definition) is 3. The molecule has 0 bridgehead atoms. The molecule has 0 aromatic carbocycles. The molecule has 0 aromatic heterocycles. The molecule has 0 heterocycles. The van der Waals surface area contributed by atoms with E-state index in [1.54, 1.807) is 0 Å². The van der Waals surface area contributed by atoms with Crippen LogP contribution in [0.25, 0.3) is 0 Å². The van der Waals surface area contributed by atoms with Gasteiger partial charge in [0.1, 0.15) is 0 Å². The minimum atomic E-state index is -0.795. The number of aliphatic carboxylic acids is 1. The predicted octanol–water partition coefficient (Wildman–Crippen LogP) is 0.342. The molecule has 1 amide bonds. The van der Waals surface area contributed by atoms with Crippen molar-refractivity contribution >= 4 is 11.9 Å². The monoisotopic (exact) mass is 216 g/mol. The quantitative estimate of drug-likeness (QED) is 0.545. The largest absolute Gasteiger partial charge is 0.481 e. The van der Waals surface area contributed by atoms with E-state index in [9.17, 15) is 9.59 Å². The average molecular weight is 216 g/mol. The number of carbonyl (C=O) groups is 2. The highest BCUT2D eigenvalue weighted by Gasteiger charge is 2.07. The molecule has 0 saturated heterocycles. The molecule has 0 aromatic rings. The molecule has 5 nitrogen and oxygen atoms in total. The second kappa shape index (κ2) is 8.23. The Kier molecular flexibility index (Phi) is 7.62. The van der Waals surface area contributed by atoms with E-state index in [1.165, 1.54) is 0 Å². The van der Waals surface area contributed by atoms with Crippen LogP contribution in [-0.4, -0.2) is 30.1 Å². The van der Waals surface area contributed by atoms with Crippen LogP contribution >= 0.6 is 0 Å². The second-order valence-corrected chi connectivity index (χ2v) is 3.73. The molecule has 0 aliphatic rings. The highest BCUT2D eigenvalue weighted by atomic mass is 16.4. The van der Waals surface area contributed by atoms with E-state index in [4.69, 9.17) is 10.8 Å². The summed E-state index contributed by atoms with van der Waals surface area (Å²) >= 11 is 0. The summed E-state index contributed by atoms with van der Waals surface area (Å²) in [5, 5.41) is 11.2. The minimum absolute atomic E-state index is 0.0115. The summed E-state index contributed by atoms with van der Waals surface area (Å²) in [6.45, 7) is 2.98. The number of hydrogen-bond acceptors (Lipinski definition) is 3. The smallest absolute Gasteiger partial charge is 0.303 e. The maximum absolute atomic E-state index is 11.2. The van der Waals surface area contributed by atoms with E-state index in [-0.39, 0.29) is 18.2 Å². The maximum Gasteiger partial charge on any atom is 0.303 e. The number of nitrogens with two attached hydrogens (primary N) is 1. The lowest BCUT2D eigenvalue weighted by Crippen LogP contribution is -2.28. The van der Waals surface area contributed by atoms with Crippen LogP contribution in [0, 0.1) is 5.92 Å². The summed E-state index contributed by atoms with van der Waals surface area (Å²) in [7, 11) is 0. The fourth-order valence-corrected chi connectivity index (χ4v) is 1.11. The predicted molar refractivity (Wildman–Crippen MR) is 57.3 cm³/mol. The van der Waals surface area contributed by atoms with Gasteiger partial charge in [0.15, 0.2) is 0 Å². The molecule has 4 N–H and O–H groups in total. The molecule has 0 aliphatic carbocycles. The van der Waals surface area contributed by atoms with Gasteiger partial charge in [-0.1, -0.05) is 6.92 Å². The van der Waals surface area contributed by atoms with E-state index < -0.39 is 5.97 Å². The summed E-state index contributed by atoms with van der Waals surface area (Å²) < 4.78 is 0. The van der Waals surface area contributed by atoms with Gasteiger partial charge in [-0.05, 0) is 25.3 Å². The molecule has 5 heteroatoms. The fourth-order valence-electron chi connectivity index (χ4n) is 1.11. The lowest BCUT2D eigenvalue weighted by atomic mass is 10.1. The molecule has 1 atom stereocenters. The third kappa shape index (κ3) is 9.21. The first-order valence-corrected chi connectivity index (χ1v) is 5.24. The zero-order valence-electron chi connectivity index (χ0n) is 9.16. The Morgan fingerprint density at radius 3 is 2.60 bits per heavy atom. The fraction of sp³-hybridized carbons (Fsp3) is 0.800. The van der Waals surface area contributed by atoms with Crippen LogP contribution in [0.1, 0.15) is 32.6 Å². The molecule has 0 rings (SSSR count). The molecular weight excluding hydrogens is 196 g/mol. The van der Waals surface area contributed by atoms with Crippen molar-refractivity contribution in [1.82, 2.24) is 5.32 Å². The molecule has 15 heavy (non-hydrogen) atoms. The van der Waals surface area contributed by atoms with Gasteiger partial charge in [0, 0.05) is 19.4 Å². The second-order valence-electron chi connectivity index (χ2n) is 3.73. The van der Waals surface area contributed by atoms with E-state index in [0.717, 1.165) is 0 Å². The normalized spacial score (nSPS) is 12.1. The maximum atomic E-state index is 11.2. The molecular formula is C10H20N2O3. The van der Waals surface area contributed by atoms with Crippen LogP contribution in [0.15, 0.2) is 0 Å². The summed E-state index contributed by atoms with van der Waals surface area (Å²) in [6, 6.07) is 0. The van der Waals surface area contributed by atoms with Gasteiger partial charge in [-0.3, -0.25) is 9.59 Å². The zero-order chi connectivity index (χ0) is 11.7. The number of carboxylic acids is 1. The van der Waals surface area contributed by atoms with Gasteiger partial charge in [0.25, 0.3) is 0 Å². The lowest BCUT2D eigenvalue weighted by Gasteiger charge is -2.11. The van der Waals surface area contributed by atoms with Gasteiger partial charge in [-0.25, -0.2) is 0 Å². The van der Waals surface area contributed by atoms with E-state index >= 15 is 0 Å². The van der Waals surface area contributed by atoms with Crippen LogP contribution < -0.4 is 11.1 Å².